The fourth-order valence-corrected chi connectivity index (χ4v) is 2.47. The van der Waals surface area contributed by atoms with E-state index in [4.69, 9.17) is 10.5 Å². The maximum absolute atomic E-state index is 12.4. The molecule has 0 bridgehead atoms. The van der Waals surface area contributed by atoms with Crippen molar-refractivity contribution in [2.45, 2.75) is 19.1 Å². The van der Waals surface area contributed by atoms with Gasteiger partial charge in [0, 0.05) is 31.3 Å². The third-order valence-corrected chi connectivity index (χ3v) is 3.66. The predicted molar refractivity (Wildman–Crippen MR) is 90.2 cm³/mol. The van der Waals surface area contributed by atoms with Gasteiger partial charge in [-0.05, 0) is 24.6 Å². The highest BCUT2D eigenvalue weighted by atomic mass is 35.5. The Morgan fingerprint density at radius 2 is 2.21 bits per heavy atom. The molecule has 1 aromatic heterocycles. The van der Waals surface area contributed by atoms with Gasteiger partial charge in [-0.25, -0.2) is 9.97 Å². The van der Waals surface area contributed by atoms with Crippen LogP contribution in [0.3, 0.4) is 0 Å². The summed E-state index contributed by atoms with van der Waals surface area (Å²) in [4.78, 5) is 22.1. The van der Waals surface area contributed by atoms with E-state index >= 15 is 0 Å². The monoisotopic (exact) mass is 350 g/mol. The van der Waals surface area contributed by atoms with Gasteiger partial charge in [-0.2, -0.15) is 0 Å². The molecule has 1 saturated heterocycles. The van der Waals surface area contributed by atoms with Crippen molar-refractivity contribution in [1.82, 2.24) is 14.9 Å². The summed E-state index contributed by atoms with van der Waals surface area (Å²) in [6.07, 6.45) is 1.57. The third-order valence-electron chi connectivity index (χ3n) is 3.66. The number of hydrogen-bond donors (Lipinski definition) is 2. The molecular formula is C16H19ClN4O3. The average molecular weight is 351 g/mol. The Hall–Kier alpha value is -2.22. The van der Waals surface area contributed by atoms with Crippen molar-refractivity contribution in [2.24, 2.45) is 5.73 Å². The normalized spacial score (nSPS) is 16.6. The summed E-state index contributed by atoms with van der Waals surface area (Å²) >= 11 is 0. The quantitative estimate of drug-likeness (QED) is 0.863. The minimum atomic E-state index is -0.436. The number of ether oxygens (including phenoxy) is 1. The van der Waals surface area contributed by atoms with Crippen molar-refractivity contribution in [3.8, 4) is 11.6 Å². The molecule has 0 spiro atoms. The number of benzene rings is 1. The summed E-state index contributed by atoms with van der Waals surface area (Å²) in [6.45, 7) is 1.24. The van der Waals surface area contributed by atoms with Gasteiger partial charge in [0.25, 0.3) is 5.91 Å². The first kappa shape index (κ1) is 18.1. The second-order valence-electron chi connectivity index (χ2n) is 5.38. The number of aromatic nitrogens is 2. The molecule has 0 radical (unpaired) electrons. The molecule has 1 amide bonds. The van der Waals surface area contributed by atoms with Crippen LogP contribution in [0.4, 0.5) is 0 Å². The lowest BCUT2D eigenvalue weighted by Crippen LogP contribution is -2.29. The van der Waals surface area contributed by atoms with E-state index in [2.05, 4.69) is 9.97 Å². The standard InChI is InChI=1S/C16H18N4O3.ClH/c17-8-12-7-15(19-10-18-12)23-14-3-1-2-11(6-14)16(22)20-5-4-13(21)9-20;/h1-3,6-7,10,13,21H,4-5,8-9,17H2;1H. The molecule has 1 aliphatic rings. The van der Waals surface area contributed by atoms with Crippen LogP contribution in [0.15, 0.2) is 36.7 Å². The number of β-amino-alcohol motifs (C(OH)–C–C–N with tert-alkyl or cyclic N) is 1. The molecule has 128 valence electrons. The summed E-state index contributed by atoms with van der Waals surface area (Å²) in [5.41, 5.74) is 6.73. The third kappa shape index (κ3) is 4.19. The Balaban J connectivity index is 0.00000208. The highest BCUT2D eigenvalue weighted by molar-refractivity contribution is 5.94. The van der Waals surface area contributed by atoms with Gasteiger partial charge < -0.3 is 20.5 Å². The molecule has 3 N–H and O–H groups in total. The summed E-state index contributed by atoms with van der Waals surface area (Å²) in [6, 6.07) is 8.55. The number of carbonyl (C=O) groups excluding carboxylic acids is 1. The SMILES string of the molecule is Cl.NCc1cc(Oc2cccc(C(=O)N3CCC(O)C3)c2)ncn1. The molecule has 0 aliphatic carbocycles. The van der Waals surface area contributed by atoms with Gasteiger partial charge in [-0.15, -0.1) is 12.4 Å². The second-order valence-corrected chi connectivity index (χ2v) is 5.38. The number of nitrogens with zero attached hydrogens (tertiary/aromatic N) is 3. The summed E-state index contributed by atoms with van der Waals surface area (Å²) < 4.78 is 5.67. The minimum Gasteiger partial charge on any atom is -0.439 e. The van der Waals surface area contributed by atoms with E-state index in [1.165, 1.54) is 6.33 Å². The molecule has 1 aliphatic heterocycles. The molecular weight excluding hydrogens is 332 g/mol. The van der Waals surface area contributed by atoms with Crippen LogP contribution in [0.5, 0.6) is 11.6 Å². The molecule has 1 atom stereocenters. The van der Waals surface area contributed by atoms with Crippen molar-refractivity contribution in [3.05, 3.63) is 47.9 Å². The molecule has 1 unspecified atom stereocenters. The van der Waals surface area contributed by atoms with Gasteiger partial charge >= 0.3 is 0 Å². The highest BCUT2D eigenvalue weighted by Crippen LogP contribution is 2.22. The Kier molecular flexibility index (Phi) is 6.08. The highest BCUT2D eigenvalue weighted by Gasteiger charge is 2.25. The number of aliphatic hydroxyl groups is 1. The Morgan fingerprint density at radius 1 is 1.38 bits per heavy atom. The van der Waals surface area contributed by atoms with E-state index in [0.717, 1.165) is 0 Å². The molecule has 2 heterocycles. The summed E-state index contributed by atoms with van der Waals surface area (Å²) in [5, 5.41) is 9.55. The van der Waals surface area contributed by atoms with Crippen LogP contribution in [0.1, 0.15) is 22.5 Å². The van der Waals surface area contributed by atoms with Gasteiger partial charge in [-0.1, -0.05) is 6.07 Å². The number of nitrogens with two attached hydrogens (primary N) is 1. The lowest BCUT2D eigenvalue weighted by atomic mass is 10.2. The van der Waals surface area contributed by atoms with Crippen molar-refractivity contribution >= 4 is 18.3 Å². The van der Waals surface area contributed by atoms with E-state index in [1.54, 1.807) is 35.2 Å². The molecule has 1 aromatic carbocycles. The predicted octanol–water partition coefficient (Wildman–Crippen LogP) is 1.36. The number of halogens is 1. The summed E-state index contributed by atoms with van der Waals surface area (Å²) in [7, 11) is 0. The minimum absolute atomic E-state index is 0. The van der Waals surface area contributed by atoms with Crippen LogP contribution in [0.25, 0.3) is 0 Å². The molecule has 3 rings (SSSR count). The van der Waals surface area contributed by atoms with Crippen LogP contribution in [0, 0.1) is 0 Å². The average Bonchev–Trinajstić information content (AvgIpc) is 3.01. The topological polar surface area (TPSA) is 102 Å². The Morgan fingerprint density at radius 3 is 2.92 bits per heavy atom. The van der Waals surface area contributed by atoms with Crippen LogP contribution in [-0.4, -0.2) is 45.1 Å². The first-order chi connectivity index (χ1) is 11.2. The number of aliphatic hydroxyl groups excluding tert-OH is 1. The number of hydrogen-bond acceptors (Lipinski definition) is 6. The van der Waals surface area contributed by atoms with Crippen molar-refractivity contribution in [3.63, 3.8) is 0 Å². The zero-order valence-electron chi connectivity index (χ0n) is 13.0. The number of amides is 1. The number of likely N-dealkylation sites (tertiary alicyclic amines) is 1. The van der Waals surface area contributed by atoms with Crippen molar-refractivity contribution in [1.29, 1.82) is 0 Å². The van der Waals surface area contributed by atoms with Crippen LogP contribution < -0.4 is 10.5 Å². The number of carbonyl (C=O) groups is 1. The Bertz CT molecular complexity index is 713. The second kappa shape index (κ2) is 8.05. The van der Waals surface area contributed by atoms with Crippen LogP contribution in [0.2, 0.25) is 0 Å². The van der Waals surface area contributed by atoms with E-state index in [1.807, 2.05) is 0 Å². The Labute approximate surface area is 145 Å². The largest absolute Gasteiger partial charge is 0.439 e. The maximum Gasteiger partial charge on any atom is 0.254 e. The molecule has 24 heavy (non-hydrogen) atoms. The molecule has 0 saturated carbocycles. The van der Waals surface area contributed by atoms with Crippen molar-refractivity contribution in [2.75, 3.05) is 13.1 Å². The fraction of sp³-hybridized carbons (Fsp3) is 0.312. The maximum atomic E-state index is 12.4. The van der Waals surface area contributed by atoms with Crippen LogP contribution in [-0.2, 0) is 6.54 Å². The first-order valence-corrected chi connectivity index (χ1v) is 7.42. The smallest absolute Gasteiger partial charge is 0.254 e. The van der Waals surface area contributed by atoms with Gasteiger partial charge in [0.1, 0.15) is 12.1 Å². The van der Waals surface area contributed by atoms with Crippen LogP contribution >= 0.6 is 12.4 Å². The zero-order valence-corrected chi connectivity index (χ0v) is 13.8. The number of rotatable bonds is 4. The lowest BCUT2D eigenvalue weighted by Gasteiger charge is -2.16. The van der Waals surface area contributed by atoms with Gasteiger partial charge in [-0.3, -0.25) is 4.79 Å². The van der Waals surface area contributed by atoms with Gasteiger partial charge in [0.2, 0.25) is 5.88 Å². The fourth-order valence-electron chi connectivity index (χ4n) is 2.47. The van der Waals surface area contributed by atoms with Gasteiger partial charge in [0.15, 0.2) is 0 Å². The molecule has 8 heteroatoms. The van der Waals surface area contributed by atoms with E-state index in [-0.39, 0.29) is 18.3 Å². The molecule has 7 nitrogen and oxygen atoms in total. The summed E-state index contributed by atoms with van der Waals surface area (Å²) in [5.74, 6) is 0.774. The lowest BCUT2D eigenvalue weighted by molar-refractivity contribution is 0.0764. The van der Waals surface area contributed by atoms with E-state index in [0.29, 0.717) is 48.9 Å². The molecule has 1 fully saturated rings. The zero-order chi connectivity index (χ0) is 16.2. The molecule has 2 aromatic rings. The van der Waals surface area contributed by atoms with E-state index in [9.17, 15) is 9.90 Å². The first-order valence-electron chi connectivity index (χ1n) is 7.42. The van der Waals surface area contributed by atoms with Gasteiger partial charge in [0.05, 0.1) is 11.8 Å². The van der Waals surface area contributed by atoms with E-state index < -0.39 is 6.10 Å². The van der Waals surface area contributed by atoms with Crippen molar-refractivity contribution < 1.29 is 14.6 Å².